The third-order valence-electron chi connectivity index (χ3n) is 3.07. The summed E-state index contributed by atoms with van der Waals surface area (Å²) in [6, 6.07) is 5.76. The molecule has 1 aromatic carbocycles. The summed E-state index contributed by atoms with van der Waals surface area (Å²) in [5.74, 6) is -0.153. The number of carbonyl (C=O) groups excluding carboxylic acids is 1. The summed E-state index contributed by atoms with van der Waals surface area (Å²) >= 11 is 1.15. The predicted molar refractivity (Wildman–Crippen MR) is 82.5 cm³/mol. The number of carbonyl (C=O) groups is 1. The van der Waals surface area contributed by atoms with Gasteiger partial charge in [-0.3, -0.25) is 14.6 Å². The van der Waals surface area contributed by atoms with Gasteiger partial charge in [0.15, 0.2) is 5.16 Å². The van der Waals surface area contributed by atoms with Crippen molar-refractivity contribution in [3.63, 3.8) is 0 Å². The fraction of sp³-hybridized carbons (Fsp3) is 0.286. The Morgan fingerprint density at radius 1 is 1.38 bits per heavy atom. The van der Waals surface area contributed by atoms with Crippen LogP contribution in [-0.2, 0) is 4.79 Å². The van der Waals surface area contributed by atoms with Gasteiger partial charge in [0.25, 0.3) is 5.56 Å². The molecule has 21 heavy (non-hydrogen) atoms. The van der Waals surface area contributed by atoms with Crippen LogP contribution in [0.3, 0.4) is 0 Å². The van der Waals surface area contributed by atoms with Crippen molar-refractivity contribution in [2.75, 3.05) is 5.32 Å². The number of H-pyrrole nitrogens is 1. The number of anilines is 1. The minimum Gasteiger partial charge on any atom is -0.325 e. The van der Waals surface area contributed by atoms with Crippen molar-refractivity contribution in [2.24, 2.45) is 0 Å². The molecular formula is C14H16N4O2S. The van der Waals surface area contributed by atoms with Gasteiger partial charge in [0.2, 0.25) is 5.91 Å². The number of nitrogens with zero attached hydrogens (tertiary/aromatic N) is 2. The first-order valence-corrected chi connectivity index (χ1v) is 7.31. The number of benzene rings is 1. The van der Waals surface area contributed by atoms with E-state index in [9.17, 15) is 9.59 Å². The largest absolute Gasteiger partial charge is 0.325 e. The van der Waals surface area contributed by atoms with Gasteiger partial charge in [0, 0.05) is 5.69 Å². The molecule has 6 nitrogen and oxygen atoms in total. The number of amides is 1. The molecule has 1 atom stereocenters. The van der Waals surface area contributed by atoms with Crippen molar-refractivity contribution in [3.8, 4) is 0 Å². The fourth-order valence-corrected chi connectivity index (χ4v) is 2.45. The average Bonchev–Trinajstić information content (AvgIpc) is 2.44. The monoisotopic (exact) mass is 304 g/mol. The molecule has 2 N–H and O–H groups in total. The molecule has 1 unspecified atom stereocenters. The summed E-state index contributed by atoms with van der Waals surface area (Å²) in [6.45, 7) is 5.70. The predicted octanol–water partition coefficient (Wildman–Crippen LogP) is 1.90. The summed E-state index contributed by atoms with van der Waals surface area (Å²) < 4.78 is 0. The van der Waals surface area contributed by atoms with E-state index in [4.69, 9.17) is 0 Å². The Balaban J connectivity index is 2.06. The number of hydrogen-bond donors (Lipinski definition) is 2. The van der Waals surface area contributed by atoms with Crippen LogP contribution in [0.2, 0.25) is 0 Å². The van der Waals surface area contributed by atoms with Crippen molar-refractivity contribution in [1.82, 2.24) is 15.2 Å². The molecule has 0 saturated carbocycles. The Kier molecular flexibility index (Phi) is 4.74. The highest BCUT2D eigenvalue weighted by atomic mass is 32.2. The maximum Gasteiger partial charge on any atom is 0.270 e. The van der Waals surface area contributed by atoms with Crippen LogP contribution in [0.5, 0.6) is 0 Å². The molecule has 1 amide bonds. The molecule has 1 aromatic heterocycles. The maximum absolute atomic E-state index is 12.2. The molecule has 0 fully saturated rings. The van der Waals surface area contributed by atoms with Crippen LogP contribution in [-0.4, -0.2) is 26.3 Å². The zero-order chi connectivity index (χ0) is 15.4. The lowest BCUT2D eigenvalue weighted by Crippen LogP contribution is -2.23. The van der Waals surface area contributed by atoms with Crippen LogP contribution in [0.15, 0.2) is 34.3 Å². The fourth-order valence-electron chi connectivity index (χ4n) is 1.69. The lowest BCUT2D eigenvalue weighted by molar-refractivity contribution is -0.115. The van der Waals surface area contributed by atoms with Crippen LogP contribution < -0.4 is 10.9 Å². The van der Waals surface area contributed by atoms with Gasteiger partial charge < -0.3 is 5.32 Å². The third-order valence-corrected chi connectivity index (χ3v) is 4.05. The molecule has 0 aliphatic heterocycles. The lowest BCUT2D eigenvalue weighted by atomic mass is 10.1. The van der Waals surface area contributed by atoms with Crippen molar-refractivity contribution in [2.45, 2.75) is 31.2 Å². The Hall–Kier alpha value is -2.15. The minimum absolute atomic E-state index is 0.153. The highest BCUT2D eigenvalue weighted by Gasteiger charge is 2.17. The number of thioether (sulfide) groups is 1. The number of hydrogen-bond acceptors (Lipinski definition) is 5. The van der Waals surface area contributed by atoms with Gasteiger partial charge in [0.1, 0.15) is 6.20 Å². The Morgan fingerprint density at radius 3 is 2.86 bits per heavy atom. The summed E-state index contributed by atoms with van der Waals surface area (Å²) in [5.41, 5.74) is 2.61. The molecule has 0 saturated heterocycles. The van der Waals surface area contributed by atoms with E-state index in [1.54, 1.807) is 6.92 Å². The first-order chi connectivity index (χ1) is 9.97. The molecule has 0 aliphatic rings. The summed E-state index contributed by atoms with van der Waals surface area (Å²) in [4.78, 5) is 25.9. The lowest BCUT2D eigenvalue weighted by Gasteiger charge is -2.13. The van der Waals surface area contributed by atoms with Gasteiger partial charge >= 0.3 is 0 Å². The highest BCUT2D eigenvalue weighted by molar-refractivity contribution is 8.00. The number of aryl methyl sites for hydroxylation is 1. The molecule has 1 heterocycles. The van der Waals surface area contributed by atoms with Crippen molar-refractivity contribution in [1.29, 1.82) is 0 Å². The molecule has 0 radical (unpaired) electrons. The minimum atomic E-state index is -0.405. The highest BCUT2D eigenvalue weighted by Crippen LogP contribution is 2.22. The first kappa shape index (κ1) is 15.2. The van der Waals surface area contributed by atoms with Gasteiger partial charge in [-0.05, 0) is 38.0 Å². The standard InChI is InChI=1S/C14H16N4O2S/c1-8-5-4-6-11(9(8)2)16-13(20)10(3)21-14-17-12(19)7-15-18-14/h4-7,10H,1-3H3,(H,16,20)(H,17,18,19). The van der Waals surface area contributed by atoms with Crippen LogP contribution in [0.25, 0.3) is 0 Å². The smallest absolute Gasteiger partial charge is 0.270 e. The topological polar surface area (TPSA) is 87.7 Å². The number of aromatic amines is 1. The second-order valence-electron chi connectivity index (χ2n) is 4.64. The number of rotatable bonds is 4. The van der Waals surface area contributed by atoms with Gasteiger partial charge in [-0.15, -0.1) is 5.10 Å². The van der Waals surface area contributed by atoms with E-state index in [0.717, 1.165) is 34.8 Å². The van der Waals surface area contributed by atoms with E-state index >= 15 is 0 Å². The Labute approximate surface area is 126 Å². The normalized spacial score (nSPS) is 12.0. The van der Waals surface area contributed by atoms with Crippen LogP contribution in [0.1, 0.15) is 18.1 Å². The van der Waals surface area contributed by atoms with Gasteiger partial charge in [-0.25, -0.2) is 0 Å². The van der Waals surface area contributed by atoms with Crippen LogP contribution >= 0.6 is 11.8 Å². The second-order valence-corrected chi connectivity index (χ2v) is 5.97. The van der Waals surface area contributed by atoms with E-state index < -0.39 is 5.25 Å². The zero-order valence-corrected chi connectivity index (χ0v) is 12.8. The Morgan fingerprint density at radius 2 is 2.14 bits per heavy atom. The first-order valence-electron chi connectivity index (χ1n) is 6.43. The van der Waals surface area contributed by atoms with E-state index in [1.165, 1.54) is 0 Å². The van der Waals surface area contributed by atoms with E-state index in [2.05, 4.69) is 20.5 Å². The second kappa shape index (κ2) is 6.53. The van der Waals surface area contributed by atoms with E-state index in [0.29, 0.717) is 5.16 Å². The van der Waals surface area contributed by atoms with Crippen molar-refractivity contribution in [3.05, 3.63) is 45.9 Å². The van der Waals surface area contributed by atoms with E-state index in [-0.39, 0.29) is 11.5 Å². The number of nitrogens with one attached hydrogen (secondary N) is 2. The van der Waals surface area contributed by atoms with E-state index in [1.807, 2.05) is 32.0 Å². The van der Waals surface area contributed by atoms with Gasteiger partial charge in [0.05, 0.1) is 5.25 Å². The molecular weight excluding hydrogens is 288 g/mol. The molecule has 0 spiro atoms. The average molecular weight is 304 g/mol. The zero-order valence-electron chi connectivity index (χ0n) is 12.0. The molecule has 7 heteroatoms. The SMILES string of the molecule is Cc1cccc(NC(=O)C(C)Sc2nncc(=O)[nH]2)c1C. The van der Waals surface area contributed by atoms with Crippen molar-refractivity contribution >= 4 is 23.4 Å². The van der Waals surface area contributed by atoms with Gasteiger partial charge in [-0.1, -0.05) is 23.9 Å². The van der Waals surface area contributed by atoms with Crippen LogP contribution in [0.4, 0.5) is 5.69 Å². The molecule has 110 valence electrons. The summed E-state index contributed by atoms with van der Waals surface area (Å²) in [5, 5.41) is 10.1. The molecule has 2 rings (SSSR count). The maximum atomic E-state index is 12.2. The van der Waals surface area contributed by atoms with Crippen LogP contribution in [0, 0.1) is 13.8 Å². The quantitative estimate of drug-likeness (QED) is 0.842. The summed E-state index contributed by atoms with van der Waals surface area (Å²) in [7, 11) is 0. The number of aromatic nitrogens is 3. The summed E-state index contributed by atoms with van der Waals surface area (Å²) in [6.07, 6.45) is 1.09. The molecule has 2 aromatic rings. The molecule has 0 aliphatic carbocycles. The Bertz CT molecular complexity index is 714. The molecule has 0 bridgehead atoms. The van der Waals surface area contributed by atoms with Gasteiger partial charge in [-0.2, -0.15) is 5.10 Å². The van der Waals surface area contributed by atoms with Crippen molar-refractivity contribution < 1.29 is 4.79 Å². The third kappa shape index (κ3) is 3.91.